The van der Waals surface area contributed by atoms with E-state index in [1.54, 1.807) is 6.20 Å². The highest BCUT2D eigenvalue weighted by Crippen LogP contribution is 2.48. The van der Waals surface area contributed by atoms with Gasteiger partial charge in [0.15, 0.2) is 0 Å². The average Bonchev–Trinajstić information content (AvgIpc) is 3.44. The van der Waals surface area contributed by atoms with Gasteiger partial charge >= 0.3 is 0 Å². The Bertz CT molecular complexity index is 655. The SMILES string of the molecule is C#CCNC(=O)CN1CCCN(C(=O)[C@H]2C[C@@H]2c2cccnc2)CC1. The molecule has 1 saturated heterocycles. The van der Waals surface area contributed by atoms with Gasteiger partial charge in [-0.05, 0) is 30.4 Å². The molecule has 1 N–H and O–H groups in total. The standard InChI is InChI=1S/C19H24N4O2/c1-2-6-21-18(24)14-22-8-4-9-23(11-10-22)19(25)17-12-16(17)15-5-3-7-20-13-15/h1,3,5,7,13,16-17H,4,6,8-12,14H2,(H,21,24)/t16-,17+/m1/s1. The van der Waals surface area contributed by atoms with Gasteiger partial charge in [-0.1, -0.05) is 12.0 Å². The van der Waals surface area contributed by atoms with E-state index in [9.17, 15) is 9.59 Å². The Balaban J connectivity index is 1.48. The zero-order chi connectivity index (χ0) is 17.6. The van der Waals surface area contributed by atoms with Crippen LogP contribution in [0.5, 0.6) is 0 Å². The Morgan fingerprint density at radius 2 is 2.20 bits per heavy atom. The molecular formula is C19H24N4O2. The highest BCUT2D eigenvalue weighted by Gasteiger charge is 2.45. The zero-order valence-corrected chi connectivity index (χ0v) is 14.4. The van der Waals surface area contributed by atoms with Crippen LogP contribution in [0.4, 0.5) is 0 Å². The molecule has 2 heterocycles. The van der Waals surface area contributed by atoms with Crippen LogP contribution in [0, 0.1) is 18.3 Å². The van der Waals surface area contributed by atoms with Crippen LogP contribution in [0.3, 0.4) is 0 Å². The summed E-state index contributed by atoms with van der Waals surface area (Å²) in [5.41, 5.74) is 1.16. The molecule has 2 amide bonds. The summed E-state index contributed by atoms with van der Waals surface area (Å²) in [6, 6.07) is 3.97. The van der Waals surface area contributed by atoms with Gasteiger partial charge in [0.25, 0.3) is 0 Å². The molecule has 132 valence electrons. The first-order valence-corrected chi connectivity index (χ1v) is 8.80. The van der Waals surface area contributed by atoms with Crippen molar-refractivity contribution >= 4 is 11.8 Å². The fraction of sp³-hybridized carbons (Fsp3) is 0.526. The van der Waals surface area contributed by atoms with Gasteiger partial charge in [0.2, 0.25) is 11.8 Å². The van der Waals surface area contributed by atoms with Crippen molar-refractivity contribution in [3.05, 3.63) is 30.1 Å². The first-order chi connectivity index (χ1) is 12.2. The first-order valence-electron chi connectivity index (χ1n) is 8.80. The van der Waals surface area contributed by atoms with E-state index in [1.807, 2.05) is 23.2 Å². The molecule has 0 unspecified atom stereocenters. The van der Waals surface area contributed by atoms with E-state index >= 15 is 0 Å². The number of nitrogens with one attached hydrogen (secondary N) is 1. The van der Waals surface area contributed by atoms with Crippen molar-refractivity contribution in [1.82, 2.24) is 20.1 Å². The summed E-state index contributed by atoms with van der Waals surface area (Å²) in [6.45, 7) is 3.58. The van der Waals surface area contributed by atoms with Crippen molar-refractivity contribution < 1.29 is 9.59 Å². The highest BCUT2D eigenvalue weighted by molar-refractivity contribution is 5.83. The maximum absolute atomic E-state index is 12.8. The van der Waals surface area contributed by atoms with Gasteiger partial charge < -0.3 is 10.2 Å². The van der Waals surface area contributed by atoms with Crippen molar-refractivity contribution in [2.24, 2.45) is 5.92 Å². The number of aromatic nitrogens is 1. The Kier molecular flexibility index (Phi) is 5.67. The van der Waals surface area contributed by atoms with Crippen molar-refractivity contribution in [2.45, 2.75) is 18.8 Å². The lowest BCUT2D eigenvalue weighted by Gasteiger charge is -2.22. The molecule has 1 aromatic heterocycles. The van der Waals surface area contributed by atoms with Gasteiger partial charge in [-0.15, -0.1) is 6.42 Å². The third-order valence-corrected chi connectivity index (χ3v) is 4.88. The lowest BCUT2D eigenvalue weighted by Crippen LogP contribution is -2.40. The number of amides is 2. The molecule has 0 spiro atoms. The van der Waals surface area contributed by atoms with E-state index in [2.05, 4.69) is 21.1 Å². The number of nitrogens with zero attached hydrogens (tertiary/aromatic N) is 3. The summed E-state index contributed by atoms with van der Waals surface area (Å²) in [6.07, 6.45) is 10.6. The van der Waals surface area contributed by atoms with E-state index < -0.39 is 0 Å². The molecule has 0 bridgehead atoms. The smallest absolute Gasteiger partial charge is 0.234 e. The van der Waals surface area contributed by atoms with E-state index in [0.29, 0.717) is 19.0 Å². The summed E-state index contributed by atoms with van der Waals surface area (Å²) in [7, 11) is 0. The molecule has 6 heteroatoms. The minimum atomic E-state index is -0.0587. The quantitative estimate of drug-likeness (QED) is 0.792. The van der Waals surface area contributed by atoms with E-state index in [0.717, 1.165) is 38.0 Å². The van der Waals surface area contributed by atoms with E-state index in [-0.39, 0.29) is 24.3 Å². The molecular weight excluding hydrogens is 316 g/mol. The van der Waals surface area contributed by atoms with Crippen LogP contribution in [0.2, 0.25) is 0 Å². The largest absolute Gasteiger partial charge is 0.344 e. The number of carbonyl (C=O) groups excluding carboxylic acids is 2. The molecule has 25 heavy (non-hydrogen) atoms. The van der Waals surface area contributed by atoms with Crippen LogP contribution < -0.4 is 5.32 Å². The molecule has 1 aliphatic heterocycles. The van der Waals surface area contributed by atoms with Gasteiger partial charge in [0.1, 0.15) is 0 Å². The van der Waals surface area contributed by atoms with Crippen LogP contribution in [-0.2, 0) is 9.59 Å². The predicted octanol–water partition coefficient (Wildman–Crippen LogP) is 0.469. The molecule has 6 nitrogen and oxygen atoms in total. The van der Waals surface area contributed by atoms with Crippen LogP contribution >= 0.6 is 0 Å². The van der Waals surface area contributed by atoms with E-state index in [4.69, 9.17) is 6.42 Å². The second-order valence-electron chi connectivity index (χ2n) is 6.67. The van der Waals surface area contributed by atoms with Crippen molar-refractivity contribution in [1.29, 1.82) is 0 Å². The van der Waals surface area contributed by atoms with Gasteiger partial charge in [0.05, 0.1) is 13.1 Å². The van der Waals surface area contributed by atoms with Crippen LogP contribution in [0.1, 0.15) is 24.3 Å². The third-order valence-electron chi connectivity index (χ3n) is 4.88. The van der Waals surface area contributed by atoms with Gasteiger partial charge in [-0.3, -0.25) is 19.5 Å². The lowest BCUT2D eigenvalue weighted by atomic mass is 10.1. The number of carbonyl (C=O) groups is 2. The fourth-order valence-electron chi connectivity index (χ4n) is 3.42. The molecule has 1 saturated carbocycles. The monoisotopic (exact) mass is 340 g/mol. The van der Waals surface area contributed by atoms with Crippen molar-refractivity contribution in [3.8, 4) is 12.3 Å². The van der Waals surface area contributed by atoms with Crippen LogP contribution in [0.15, 0.2) is 24.5 Å². The average molecular weight is 340 g/mol. The summed E-state index contributed by atoms with van der Waals surface area (Å²) in [5.74, 6) is 2.99. The summed E-state index contributed by atoms with van der Waals surface area (Å²) in [4.78, 5) is 32.7. The van der Waals surface area contributed by atoms with Gasteiger partial charge in [-0.2, -0.15) is 0 Å². The molecule has 3 rings (SSSR count). The summed E-state index contributed by atoms with van der Waals surface area (Å²) >= 11 is 0. The second-order valence-corrected chi connectivity index (χ2v) is 6.67. The number of terminal acetylenes is 1. The summed E-state index contributed by atoms with van der Waals surface area (Å²) < 4.78 is 0. The number of hydrogen-bond acceptors (Lipinski definition) is 4. The van der Waals surface area contributed by atoms with Crippen molar-refractivity contribution in [3.63, 3.8) is 0 Å². The maximum Gasteiger partial charge on any atom is 0.234 e. The molecule has 2 atom stereocenters. The molecule has 0 radical (unpaired) electrons. The molecule has 1 aromatic rings. The van der Waals surface area contributed by atoms with Gasteiger partial charge in [-0.25, -0.2) is 0 Å². The minimum Gasteiger partial charge on any atom is -0.344 e. The Morgan fingerprint density at radius 3 is 2.96 bits per heavy atom. The predicted molar refractivity (Wildman–Crippen MR) is 94.6 cm³/mol. The highest BCUT2D eigenvalue weighted by atomic mass is 16.2. The molecule has 0 aromatic carbocycles. The minimum absolute atomic E-state index is 0.0587. The van der Waals surface area contributed by atoms with Crippen molar-refractivity contribution in [2.75, 3.05) is 39.3 Å². The second kappa shape index (κ2) is 8.13. The van der Waals surface area contributed by atoms with Gasteiger partial charge in [0, 0.05) is 44.5 Å². The zero-order valence-electron chi connectivity index (χ0n) is 14.4. The Hall–Kier alpha value is -2.39. The number of rotatable bonds is 5. The topological polar surface area (TPSA) is 65.5 Å². The third kappa shape index (κ3) is 4.58. The first kappa shape index (κ1) is 17.4. The number of hydrogen-bond donors (Lipinski definition) is 1. The molecule has 2 fully saturated rings. The van der Waals surface area contributed by atoms with Crippen LogP contribution in [-0.4, -0.2) is 65.9 Å². The number of pyridine rings is 1. The Morgan fingerprint density at radius 1 is 1.32 bits per heavy atom. The summed E-state index contributed by atoms with van der Waals surface area (Å²) in [5, 5.41) is 2.68. The lowest BCUT2D eigenvalue weighted by molar-refractivity contribution is -0.132. The van der Waals surface area contributed by atoms with Crippen LogP contribution in [0.25, 0.3) is 0 Å². The fourth-order valence-corrected chi connectivity index (χ4v) is 3.42. The normalized spacial score (nSPS) is 23.4. The molecule has 1 aliphatic carbocycles. The Labute approximate surface area is 148 Å². The maximum atomic E-state index is 12.8. The van der Waals surface area contributed by atoms with E-state index in [1.165, 1.54) is 0 Å². The molecule has 2 aliphatic rings.